The number of carbonyl (C=O) groups excluding carboxylic acids is 2. The minimum absolute atomic E-state index is 0.0621. The fourth-order valence-electron chi connectivity index (χ4n) is 5.26. The highest BCUT2D eigenvalue weighted by atomic mass is 35.5. The van der Waals surface area contributed by atoms with E-state index >= 15 is 0 Å². The molecule has 0 aliphatic carbocycles. The van der Waals surface area contributed by atoms with E-state index in [9.17, 15) is 14.7 Å². The molecule has 5 rings (SSSR count). The number of carbonyl (C=O) groups is 2. The number of hydrogen-bond donors (Lipinski definition) is 1. The van der Waals surface area contributed by atoms with Gasteiger partial charge in [-0.1, -0.05) is 53.6 Å². The minimum atomic E-state index is -0.736. The van der Waals surface area contributed by atoms with Crippen molar-refractivity contribution in [2.45, 2.75) is 26.0 Å². The molecule has 2 fully saturated rings. The van der Waals surface area contributed by atoms with E-state index in [4.69, 9.17) is 21.1 Å². The Morgan fingerprint density at radius 2 is 1.75 bits per heavy atom. The standard InChI is InChI=1S/C32H33ClN2O5/c1-22-5-2-6-23(19-22)21-40-27-11-9-24(10-12-27)30(36)28-29(25-7-3-8-26(33)20-25)35(32(38)31(28)37)14-4-13-34-15-17-39-18-16-34/h2-3,5-12,19-20,29,36H,4,13-18,21H2,1H3/b30-28+. The SMILES string of the molecule is Cc1cccc(COc2ccc(/C(O)=C3\C(=O)C(=O)N(CCCN4CCOCC4)C3c3cccc(Cl)c3)cc2)c1. The monoisotopic (exact) mass is 560 g/mol. The van der Waals surface area contributed by atoms with Crippen LogP contribution in [0.15, 0.2) is 78.4 Å². The summed E-state index contributed by atoms with van der Waals surface area (Å²) in [5, 5.41) is 11.9. The molecule has 2 heterocycles. The van der Waals surface area contributed by atoms with Crippen molar-refractivity contribution >= 4 is 29.1 Å². The number of benzene rings is 3. The van der Waals surface area contributed by atoms with E-state index in [2.05, 4.69) is 11.0 Å². The van der Waals surface area contributed by atoms with Gasteiger partial charge in [-0.3, -0.25) is 14.5 Å². The summed E-state index contributed by atoms with van der Waals surface area (Å²) < 4.78 is 11.3. The van der Waals surface area contributed by atoms with Crippen molar-refractivity contribution in [3.05, 3.63) is 106 Å². The van der Waals surface area contributed by atoms with Gasteiger partial charge >= 0.3 is 0 Å². The molecule has 8 heteroatoms. The quantitative estimate of drug-likeness (QED) is 0.215. The average molecular weight is 561 g/mol. The van der Waals surface area contributed by atoms with E-state index in [-0.39, 0.29) is 11.3 Å². The lowest BCUT2D eigenvalue weighted by atomic mass is 9.95. The van der Waals surface area contributed by atoms with Crippen LogP contribution >= 0.6 is 11.6 Å². The van der Waals surface area contributed by atoms with Crippen molar-refractivity contribution in [2.24, 2.45) is 0 Å². The Morgan fingerprint density at radius 3 is 2.48 bits per heavy atom. The van der Waals surface area contributed by atoms with Crippen molar-refractivity contribution in [3.63, 3.8) is 0 Å². The topological polar surface area (TPSA) is 79.3 Å². The smallest absolute Gasteiger partial charge is 0.295 e. The van der Waals surface area contributed by atoms with E-state index in [1.807, 2.05) is 31.2 Å². The number of morpholine rings is 1. The molecule has 1 atom stereocenters. The van der Waals surface area contributed by atoms with Crippen LogP contribution in [-0.4, -0.2) is 66.0 Å². The number of ketones is 1. The zero-order valence-electron chi connectivity index (χ0n) is 22.5. The summed E-state index contributed by atoms with van der Waals surface area (Å²) in [6, 6.07) is 21.3. The fraction of sp³-hybridized carbons (Fsp3) is 0.312. The van der Waals surface area contributed by atoms with Gasteiger partial charge < -0.3 is 19.5 Å². The maximum Gasteiger partial charge on any atom is 0.295 e. The second-order valence-corrected chi connectivity index (χ2v) is 10.6. The number of aliphatic hydroxyl groups is 1. The fourth-order valence-corrected chi connectivity index (χ4v) is 5.46. The Hall–Kier alpha value is -3.65. The number of aryl methyl sites for hydroxylation is 1. The molecule has 0 bridgehead atoms. The Morgan fingerprint density at radius 1 is 1.00 bits per heavy atom. The Balaban J connectivity index is 1.38. The molecule has 2 aliphatic rings. The lowest BCUT2D eigenvalue weighted by Gasteiger charge is -2.29. The molecule has 3 aromatic rings. The van der Waals surface area contributed by atoms with Crippen molar-refractivity contribution < 1.29 is 24.2 Å². The molecule has 0 spiro atoms. The zero-order chi connectivity index (χ0) is 28.1. The van der Waals surface area contributed by atoms with Gasteiger partial charge in [0.15, 0.2) is 0 Å². The summed E-state index contributed by atoms with van der Waals surface area (Å²) in [6.07, 6.45) is 0.692. The summed E-state index contributed by atoms with van der Waals surface area (Å²) >= 11 is 6.29. The third-order valence-corrected chi connectivity index (χ3v) is 7.53. The van der Waals surface area contributed by atoms with Crippen molar-refractivity contribution in [1.82, 2.24) is 9.80 Å². The van der Waals surface area contributed by atoms with Crippen LogP contribution in [0.5, 0.6) is 5.75 Å². The molecular formula is C32H33ClN2O5. The first-order chi connectivity index (χ1) is 19.4. The second kappa shape index (κ2) is 12.7. The molecule has 7 nitrogen and oxygen atoms in total. The van der Waals surface area contributed by atoms with Crippen molar-refractivity contribution in [1.29, 1.82) is 0 Å². The van der Waals surface area contributed by atoms with E-state index < -0.39 is 17.7 Å². The summed E-state index contributed by atoms with van der Waals surface area (Å²) in [5.74, 6) is -0.905. The molecule has 1 amide bonds. The highest BCUT2D eigenvalue weighted by Gasteiger charge is 2.45. The lowest BCUT2D eigenvalue weighted by Crippen LogP contribution is -2.38. The van der Waals surface area contributed by atoms with Crippen LogP contribution in [-0.2, 0) is 20.9 Å². The van der Waals surface area contributed by atoms with Gasteiger partial charge in [0, 0.05) is 36.8 Å². The van der Waals surface area contributed by atoms with Crippen LogP contribution in [0.25, 0.3) is 5.76 Å². The molecular weight excluding hydrogens is 528 g/mol. The van der Waals surface area contributed by atoms with Gasteiger partial charge in [0.1, 0.15) is 18.1 Å². The van der Waals surface area contributed by atoms with Crippen LogP contribution in [0, 0.1) is 6.92 Å². The third kappa shape index (κ3) is 6.39. The van der Waals surface area contributed by atoms with Gasteiger partial charge in [-0.05, 0) is 60.9 Å². The van der Waals surface area contributed by atoms with Crippen LogP contribution in [0.4, 0.5) is 0 Å². The first kappa shape index (κ1) is 27.9. The summed E-state index contributed by atoms with van der Waals surface area (Å²) in [4.78, 5) is 30.4. The molecule has 1 unspecified atom stereocenters. The molecule has 40 heavy (non-hydrogen) atoms. The number of Topliss-reactive ketones (excluding diaryl/α,β-unsaturated/α-hetero) is 1. The van der Waals surface area contributed by atoms with E-state index in [0.717, 1.165) is 30.8 Å². The molecule has 2 aliphatic heterocycles. The summed E-state index contributed by atoms with van der Waals surface area (Å²) in [6.45, 7) is 6.71. The Bertz CT molecular complexity index is 1400. The largest absolute Gasteiger partial charge is 0.507 e. The normalized spacial score (nSPS) is 19.2. The summed E-state index contributed by atoms with van der Waals surface area (Å²) in [5.41, 5.74) is 3.39. The summed E-state index contributed by atoms with van der Waals surface area (Å²) in [7, 11) is 0. The van der Waals surface area contributed by atoms with Crippen LogP contribution in [0.1, 0.15) is 34.7 Å². The Labute approximate surface area is 239 Å². The van der Waals surface area contributed by atoms with Crippen LogP contribution < -0.4 is 4.74 Å². The third-order valence-electron chi connectivity index (χ3n) is 7.30. The number of halogens is 1. The number of aliphatic hydroxyl groups excluding tert-OH is 1. The maximum absolute atomic E-state index is 13.3. The van der Waals surface area contributed by atoms with Gasteiger partial charge in [-0.2, -0.15) is 0 Å². The van der Waals surface area contributed by atoms with Crippen LogP contribution in [0.3, 0.4) is 0 Å². The van der Waals surface area contributed by atoms with Crippen molar-refractivity contribution in [2.75, 3.05) is 39.4 Å². The van der Waals surface area contributed by atoms with Gasteiger partial charge in [-0.25, -0.2) is 0 Å². The number of ether oxygens (including phenoxy) is 2. The molecule has 1 N–H and O–H groups in total. The van der Waals surface area contributed by atoms with Crippen molar-refractivity contribution in [3.8, 4) is 5.75 Å². The van der Waals surface area contributed by atoms with Gasteiger partial charge in [-0.15, -0.1) is 0 Å². The Kier molecular flexibility index (Phi) is 8.85. The van der Waals surface area contributed by atoms with E-state index in [1.54, 1.807) is 47.4 Å². The second-order valence-electron chi connectivity index (χ2n) is 10.2. The van der Waals surface area contributed by atoms with Gasteiger partial charge in [0.05, 0.1) is 24.8 Å². The highest BCUT2D eigenvalue weighted by molar-refractivity contribution is 6.46. The first-order valence-electron chi connectivity index (χ1n) is 13.5. The molecule has 0 radical (unpaired) electrons. The van der Waals surface area contributed by atoms with E-state index in [0.29, 0.717) is 54.7 Å². The number of nitrogens with zero attached hydrogens (tertiary/aromatic N) is 2. The van der Waals surface area contributed by atoms with Crippen LogP contribution in [0.2, 0.25) is 5.02 Å². The zero-order valence-corrected chi connectivity index (χ0v) is 23.3. The molecule has 2 saturated heterocycles. The van der Waals surface area contributed by atoms with E-state index in [1.165, 1.54) is 0 Å². The highest BCUT2D eigenvalue weighted by Crippen LogP contribution is 2.40. The molecule has 0 saturated carbocycles. The predicted octanol–water partition coefficient (Wildman–Crippen LogP) is 5.37. The van der Waals surface area contributed by atoms with Gasteiger partial charge in [0.25, 0.3) is 11.7 Å². The van der Waals surface area contributed by atoms with Gasteiger partial charge in [0.2, 0.25) is 0 Å². The number of hydrogen-bond acceptors (Lipinski definition) is 6. The molecule has 3 aromatic carbocycles. The number of likely N-dealkylation sites (tertiary alicyclic amines) is 1. The predicted molar refractivity (Wildman–Crippen MR) is 154 cm³/mol. The number of amides is 1. The average Bonchev–Trinajstić information content (AvgIpc) is 3.22. The minimum Gasteiger partial charge on any atom is -0.507 e. The molecule has 0 aromatic heterocycles. The lowest BCUT2D eigenvalue weighted by molar-refractivity contribution is -0.140. The number of rotatable bonds is 9. The first-order valence-corrected chi connectivity index (χ1v) is 13.9. The molecule has 208 valence electrons. The maximum atomic E-state index is 13.3.